The lowest BCUT2D eigenvalue weighted by Crippen LogP contribution is -2.21. The minimum Gasteiger partial charge on any atom is -0.495 e. The number of hydrogen-bond acceptors (Lipinski definition) is 6. The number of benzene rings is 2. The molecule has 0 bridgehead atoms. The van der Waals surface area contributed by atoms with Crippen LogP contribution in [0.5, 0.6) is 5.75 Å². The molecule has 2 aromatic carbocycles. The van der Waals surface area contributed by atoms with E-state index in [0.717, 1.165) is 0 Å². The molecule has 0 saturated carbocycles. The molecule has 0 atom stereocenters. The fourth-order valence-electron chi connectivity index (χ4n) is 2.65. The Balaban J connectivity index is 2.19. The number of nitrogens with one attached hydrogen (secondary N) is 2. The van der Waals surface area contributed by atoms with Crippen LogP contribution < -0.4 is 20.4 Å². The number of rotatable bonds is 6. The molecular formula is C18H17ClN2O5S. The van der Waals surface area contributed by atoms with E-state index in [0.29, 0.717) is 23.2 Å². The predicted molar refractivity (Wildman–Crippen MR) is 105 cm³/mol. The monoisotopic (exact) mass is 408 g/mol. The van der Waals surface area contributed by atoms with Crippen molar-refractivity contribution in [2.45, 2.75) is 11.8 Å². The SMILES string of the molecule is CCNc1c(NS(=O)(=O)c2cc(Cl)ccc2OC)c(=O)oc2ccccc12. The first kappa shape index (κ1) is 19.1. The summed E-state index contributed by atoms with van der Waals surface area (Å²) in [4.78, 5) is 12.3. The van der Waals surface area contributed by atoms with Gasteiger partial charge in [0.2, 0.25) is 0 Å². The molecule has 0 spiro atoms. The molecule has 7 nitrogen and oxygen atoms in total. The molecule has 0 aliphatic heterocycles. The Morgan fingerprint density at radius 1 is 1.15 bits per heavy atom. The van der Waals surface area contributed by atoms with Gasteiger partial charge < -0.3 is 14.5 Å². The smallest absolute Gasteiger partial charge is 0.363 e. The summed E-state index contributed by atoms with van der Waals surface area (Å²) in [6.45, 7) is 2.31. The van der Waals surface area contributed by atoms with Gasteiger partial charge >= 0.3 is 5.63 Å². The fourth-order valence-corrected chi connectivity index (χ4v) is 4.15. The number of hydrogen-bond donors (Lipinski definition) is 2. The van der Waals surface area contributed by atoms with Gasteiger partial charge in [-0.15, -0.1) is 0 Å². The molecule has 142 valence electrons. The summed E-state index contributed by atoms with van der Waals surface area (Å²) in [7, 11) is -2.83. The van der Waals surface area contributed by atoms with Crippen molar-refractivity contribution in [3.05, 3.63) is 57.9 Å². The third kappa shape index (κ3) is 3.72. The Labute approximate surface area is 161 Å². The van der Waals surface area contributed by atoms with Crippen molar-refractivity contribution < 1.29 is 17.6 Å². The summed E-state index contributed by atoms with van der Waals surface area (Å²) in [6, 6.07) is 11.0. The van der Waals surface area contributed by atoms with Gasteiger partial charge in [-0.3, -0.25) is 4.72 Å². The Kier molecular flexibility index (Phi) is 5.29. The number of sulfonamides is 1. The lowest BCUT2D eigenvalue weighted by Gasteiger charge is -2.15. The van der Waals surface area contributed by atoms with E-state index >= 15 is 0 Å². The number of anilines is 2. The van der Waals surface area contributed by atoms with Gasteiger partial charge in [0.25, 0.3) is 10.0 Å². The maximum atomic E-state index is 12.9. The van der Waals surface area contributed by atoms with Crippen LogP contribution >= 0.6 is 11.6 Å². The highest BCUT2D eigenvalue weighted by Crippen LogP contribution is 2.32. The summed E-state index contributed by atoms with van der Waals surface area (Å²) in [5, 5.41) is 3.82. The Hall–Kier alpha value is -2.71. The molecule has 0 amide bonds. The zero-order chi connectivity index (χ0) is 19.6. The largest absolute Gasteiger partial charge is 0.495 e. The number of fused-ring (bicyclic) bond motifs is 1. The number of halogens is 1. The van der Waals surface area contributed by atoms with Crippen LogP contribution in [0.2, 0.25) is 5.02 Å². The summed E-state index contributed by atoms with van der Waals surface area (Å²) in [6.07, 6.45) is 0. The van der Waals surface area contributed by atoms with E-state index in [1.807, 2.05) is 6.92 Å². The molecule has 27 heavy (non-hydrogen) atoms. The molecule has 1 aromatic heterocycles. The minimum atomic E-state index is -4.17. The molecule has 2 N–H and O–H groups in total. The van der Waals surface area contributed by atoms with Crippen LogP contribution in [0.25, 0.3) is 11.0 Å². The second kappa shape index (κ2) is 7.50. The quantitative estimate of drug-likeness (QED) is 0.604. The van der Waals surface area contributed by atoms with Crippen LogP contribution in [0, 0.1) is 0 Å². The summed E-state index contributed by atoms with van der Waals surface area (Å²) in [5.74, 6) is 0.0991. The second-order valence-corrected chi connectivity index (χ2v) is 7.65. The zero-order valence-corrected chi connectivity index (χ0v) is 16.1. The van der Waals surface area contributed by atoms with E-state index in [1.165, 1.54) is 25.3 Å². The van der Waals surface area contributed by atoms with Crippen LogP contribution in [0.4, 0.5) is 11.4 Å². The first-order valence-corrected chi connectivity index (χ1v) is 9.89. The average Bonchev–Trinajstić information content (AvgIpc) is 2.64. The van der Waals surface area contributed by atoms with Gasteiger partial charge in [-0.2, -0.15) is 0 Å². The molecule has 0 fully saturated rings. The van der Waals surface area contributed by atoms with Crippen LogP contribution in [-0.4, -0.2) is 22.1 Å². The predicted octanol–water partition coefficient (Wildman–Crippen LogP) is 3.69. The van der Waals surface area contributed by atoms with Gasteiger partial charge in [0.05, 0.1) is 12.8 Å². The Bertz CT molecular complexity index is 1160. The minimum absolute atomic E-state index is 0.0991. The Morgan fingerprint density at radius 2 is 1.89 bits per heavy atom. The van der Waals surface area contributed by atoms with Crippen LogP contribution in [0.3, 0.4) is 0 Å². The van der Waals surface area contributed by atoms with Crippen molar-refractivity contribution in [2.24, 2.45) is 0 Å². The summed E-state index contributed by atoms with van der Waals surface area (Å²) < 4.78 is 38.5. The third-order valence-corrected chi connectivity index (χ3v) is 5.42. The van der Waals surface area contributed by atoms with Gasteiger partial charge in [-0.25, -0.2) is 13.2 Å². The lowest BCUT2D eigenvalue weighted by atomic mass is 10.2. The number of para-hydroxylation sites is 1. The maximum Gasteiger partial charge on any atom is 0.363 e. The van der Waals surface area contributed by atoms with Gasteiger partial charge in [-0.1, -0.05) is 23.7 Å². The second-order valence-electron chi connectivity index (χ2n) is 5.57. The lowest BCUT2D eigenvalue weighted by molar-refractivity contribution is 0.403. The van der Waals surface area contributed by atoms with Crippen molar-refractivity contribution in [2.75, 3.05) is 23.7 Å². The van der Waals surface area contributed by atoms with Crippen LogP contribution in [0.1, 0.15) is 6.92 Å². The van der Waals surface area contributed by atoms with E-state index < -0.39 is 15.6 Å². The normalized spacial score (nSPS) is 11.4. The fraction of sp³-hybridized carbons (Fsp3) is 0.167. The molecule has 0 aliphatic carbocycles. The summed E-state index contributed by atoms with van der Waals surface area (Å²) >= 11 is 5.93. The van der Waals surface area contributed by atoms with E-state index in [-0.39, 0.29) is 21.4 Å². The molecule has 0 radical (unpaired) electrons. The highest BCUT2D eigenvalue weighted by molar-refractivity contribution is 7.92. The van der Waals surface area contributed by atoms with Gasteiger partial charge in [-0.05, 0) is 37.3 Å². The molecule has 0 saturated heterocycles. The van der Waals surface area contributed by atoms with Crippen LogP contribution in [0.15, 0.2) is 56.6 Å². The van der Waals surface area contributed by atoms with Crippen molar-refractivity contribution in [1.82, 2.24) is 0 Å². The standard InChI is InChI=1S/C18H17ClN2O5S/c1-3-20-16-12-6-4-5-7-13(12)26-18(22)17(16)21-27(23,24)15-10-11(19)8-9-14(15)25-2/h4-10,20-21H,3H2,1-2H3. The Morgan fingerprint density at radius 3 is 2.59 bits per heavy atom. The maximum absolute atomic E-state index is 12.9. The van der Waals surface area contributed by atoms with E-state index in [4.69, 9.17) is 20.8 Å². The zero-order valence-electron chi connectivity index (χ0n) is 14.6. The van der Waals surface area contributed by atoms with Crippen LogP contribution in [-0.2, 0) is 10.0 Å². The molecule has 0 unspecified atom stereocenters. The molecule has 0 aliphatic rings. The van der Waals surface area contributed by atoms with Crippen molar-refractivity contribution in [3.8, 4) is 5.75 Å². The average molecular weight is 409 g/mol. The number of methoxy groups -OCH3 is 1. The first-order valence-electron chi connectivity index (χ1n) is 8.03. The highest BCUT2D eigenvalue weighted by Gasteiger charge is 2.24. The topological polar surface area (TPSA) is 97.6 Å². The van der Waals surface area contributed by atoms with Crippen molar-refractivity contribution in [1.29, 1.82) is 0 Å². The third-order valence-electron chi connectivity index (χ3n) is 3.82. The highest BCUT2D eigenvalue weighted by atomic mass is 35.5. The molecule has 3 rings (SSSR count). The van der Waals surface area contributed by atoms with Gasteiger partial charge in [0, 0.05) is 17.0 Å². The summed E-state index contributed by atoms with van der Waals surface area (Å²) in [5.41, 5.74) is -0.331. The first-order chi connectivity index (χ1) is 12.9. The molecule has 9 heteroatoms. The van der Waals surface area contributed by atoms with Crippen molar-refractivity contribution >= 4 is 44.0 Å². The van der Waals surface area contributed by atoms with Gasteiger partial charge in [0.1, 0.15) is 16.2 Å². The molecule has 1 heterocycles. The van der Waals surface area contributed by atoms with E-state index in [1.54, 1.807) is 24.3 Å². The van der Waals surface area contributed by atoms with E-state index in [2.05, 4.69) is 10.0 Å². The van der Waals surface area contributed by atoms with Crippen molar-refractivity contribution in [3.63, 3.8) is 0 Å². The van der Waals surface area contributed by atoms with Gasteiger partial charge in [0.15, 0.2) is 5.69 Å². The molecule has 3 aromatic rings. The van der Waals surface area contributed by atoms with E-state index in [9.17, 15) is 13.2 Å². The molecular weight excluding hydrogens is 392 g/mol. The number of ether oxygens (including phenoxy) is 1.